The van der Waals surface area contributed by atoms with Gasteiger partial charge in [-0.2, -0.15) is 18.6 Å². The van der Waals surface area contributed by atoms with Gasteiger partial charge in [0, 0.05) is 0 Å². The summed E-state index contributed by atoms with van der Waals surface area (Å²) in [5.74, 6) is -0.303. The molecular weight excluding hydrogens is 173 g/mol. The van der Waals surface area contributed by atoms with Gasteiger partial charge in [-0.25, -0.2) is 0 Å². The molecule has 0 saturated heterocycles. The van der Waals surface area contributed by atoms with Crippen molar-refractivity contribution in [3.8, 4) is 0 Å². The van der Waals surface area contributed by atoms with Crippen molar-refractivity contribution in [3.63, 3.8) is 0 Å². The van der Waals surface area contributed by atoms with Crippen LogP contribution < -0.4 is 5.43 Å². The van der Waals surface area contributed by atoms with Crippen molar-refractivity contribution in [1.29, 1.82) is 0 Å². The number of nitrogens with zero attached hydrogens (tertiary/aromatic N) is 2. The number of hydrogen-bond donors (Lipinski definition) is 0. The van der Waals surface area contributed by atoms with Crippen molar-refractivity contribution in [1.82, 2.24) is 5.43 Å². The molecule has 0 saturated carbocycles. The summed E-state index contributed by atoms with van der Waals surface area (Å²) < 4.78 is 40.7. The Morgan fingerprint density at radius 1 is 1.33 bits per heavy atom. The monoisotopic (exact) mass is 179 g/mol. The van der Waals surface area contributed by atoms with Gasteiger partial charge in [0.05, 0.1) is 7.11 Å². The normalized spacial score (nSPS) is 17.6. The van der Waals surface area contributed by atoms with E-state index in [0.717, 1.165) is 7.11 Å². The maximum Gasteiger partial charge on any atom is 0.438 e. The zero-order chi connectivity index (χ0) is 9.35. The molecule has 0 aliphatic carbocycles. The summed E-state index contributed by atoms with van der Waals surface area (Å²) >= 11 is 0. The van der Waals surface area contributed by atoms with Gasteiger partial charge >= 0.3 is 6.18 Å². The molecule has 0 spiro atoms. The molecule has 0 fully saturated rings. The van der Waals surface area contributed by atoms with E-state index in [1.54, 1.807) is 0 Å². The molecule has 0 aromatic carbocycles. The zero-order valence-corrected chi connectivity index (χ0v) is 6.44. The van der Waals surface area contributed by atoms with E-state index in [4.69, 9.17) is 0 Å². The second-order valence-electron chi connectivity index (χ2n) is 2.17. The van der Waals surface area contributed by atoms with Crippen molar-refractivity contribution in [2.24, 2.45) is 5.10 Å². The first-order valence-electron chi connectivity index (χ1n) is 3.08. The van der Waals surface area contributed by atoms with Gasteiger partial charge in [0.2, 0.25) is 5.71 Å². The Hall–Kier alpha value is -1.20. The standard InChI is InChI=1S/C6H6F3N2O/c1-3-4(12-2)5(11-10-3)6(7,8)9/h1-2H3. The average Bonchev–Trinajstić information content (AvgIpc) is 2.29. The molecule has 0 aromatic rings. The van der Waals surface area contributed by atoms with Crippen LogP contribution in [0, 0.1) is 0 Å². The van der Waals surface area contributed by atoms with Crippen LogP contribution in [0.2, 0.25) is 0 Å². The Labute approximate surface area is 66.9 Å². The summed E-state index contributed by atoms with van der Waals surface area (Å²) in [5, 5.41) is 2.96. The van der Waals surface area contributed by atoms with Gasteiger partial charge in [0.1, 0.15) is 5.70 Å². The van der Waals surface area contributed by atoms with Gasteiger partial charge in [-0.05, 0) is 6.92 Å². The van der Waals surface area contributed by atoms with Crippen LogP contribution in [0.1, 0.15) is 6.92 Å². The number of methoxy groups -OCH3 is 1. The highest BCUT2D eigenvalue weighted by Crippen LogP contribution is 2.27. The summed E-state index contributed by atoms with van der Waals surface area (Å²) in [7, 11) is 1.15. The van der Waals surface area contributed by atoms with E-state index in [0.29, 0.717) is 0 Å². The maximum atomic E-state index is 12.1. The van der Waals surface area contributed by atoms with Gasteiger partial charge in [0.25, 0.3) is 0 Å². The first kappa shape index (κ1) is 8.89. The van der Waals surface area contributed by atoms with E-state index >= 15 is 0 Å². The van der Waals surface area contributed by atoms with Crippen molar-refractivity contribution >= 4 is 5.71 Å². The predicted molar refractivity (Wildman–Crippen MR) is 35.3 cm³/mol. The quantitative estimate of drug-likeness (QED) is 0.599. The van der Waals surface area contributed by atoms with Gasteiger partial charge in [-0.3, -0.25) is 0 Å². The summed E-state index contributed by atoms with van der Waals surface area (Å²) in [4.78, 5) is 0. The number of halogens is 3. The number of ether oxygens (including phenoxy) is 1. The van der Waals surface area contributed by atoms with E-state index in [1.165, 1.54) is 6.92 Å². The molecule has 1 aliphatic rings. The van der Waals surface area contributed by atoms with Crippen LogP contribution in [-0.2, 0) is 4.74 Å². The summed E-state index contributed by atoms with van der Waals surface area (Å²) in [6.45, 7) is 1.40. The maximum absolute atomic E-state index is 12.1. The lowest BCUT2D eigenvalue weighted by molar-refractivity contribution is -0.0601. The van der Waals surface area contributed by atoms with E-state index in [1.807, 2.05) is 0 Å². The van der Waals surface area contributed by atoms with Gasteiger partial charge in [-0.1, -0.05) is 0 Å². The third kappa shape index (κ3) is 1.37. The fourth-order valence-corrected chi connectivity index (χ4v) is 0.817. The minimum atomic E-state index is -4.49. The Morgan fingerprint density at radius 2 is 1.92 bits per heavy atom. The number of hydrogen-bond acceptors (Lipinski definition) is 2. The highest BCUT2D eigenvalue weighted by atomic mass is 19.4. The second kappa shape index (κ2) is 2.69. The van der Waals surface area contributed by atoms with E-state index in [2.05, 4.69) is 15.3 Å². The molecule has 1 rings (SSSR count). The Kier molecular flexibility index (Phi) is 1.99. The van der Waals surface area contributed by atoms with Crippen LogP contribution in [0.4, 0.5) is 13.2 Å². The van der Waals surface area contributed by atoms with Crippen LogP contribution in [0.5, 0.6) is 0 Å². The lowest BCUT2D eigenvalue weighted by atomic mass is 10.3. The van der Waals surface area contributed by atoms with Crippen molar-refractivity contribution < 1.29 is 17.9 Å². The molecule has 0 N–H and O–H groups in total. The molecule has 0 amide bonds. The third-order valence-electron chi connectivity index (χ3n) is 1.32. The third-order valence-corrected chi connectivity index (χ3v) is 1.32. The van der Waals surface area contributed by atoms with Crippen LogP contribution in [0.25, 0.3) is 0 Å². The van der Waals surface area contributed by atoms with Crippen LogP contribution in [0.3, 0.4) is 0 Å². The molecule has 1 heterocycles. The van der Waals surface area contributed by atoms with E-state index in [9.17, 15) is 13.2 Å². The van der Waals surface area contributed by atoms with Crippen molar-refractivity contribution in [2.75, 3.05) is 7.11 Å². The molecule has 6 heteroatoms. The highest BCUT2D eigenvalue weighted by molar-refractivity contribution is 6.04. The topological polar surface area (TPSA) is 35.7 Å². The van der Waals surface area contributed by atoms with Crippen molar-refractivity contribution in [2.45, 2.75) is 13.1 Å². The van der Waals surface area contributed by atoms with E-state index in [-0.39, 0.29) is 11.5 Å². The van der Waals surface area contributed by atoms with Crippen molar-refractivity contribution in [3.05, 3.63) is 11.5 Å². The SMILES string of the molecule is COC1=C(C)[N]N=C1C(F)(F)F. The molecule has 67 valence electrons. The second-order valence-corrected chi connectivity index (χ2v) is 2.17. The number of alkyl halides is 3. The van der Waals surface area contributed by atoms with Crippen LogP contribution in [0.15, 0.2) is 16.6 Å². The number of allylic oxidation sites excluding steroid dienone is 2. The number of rotatable bonds is 1. The summed E-state index contributed by atoms with van der Waals surface area (Å²) in [6, 6.07) is 0. The van der Waals surface area contributed by atoms with Gasteiger partial charge in [-0.15, -0.1) is 5.10 Å². The first-order valence-corrected chi connectivity index (χ1v) is 3.08. The smallest absolute Gasteiger partial charge is 0.438 e. The molecule has 0 atom stereocenters. The first-order chi connectivity index (χ1) is 5.46. The fourth-order valence-electron chi connectivity index (χ4n) is 0.817. The molecule has 0 unspecified atom stereocenters. The molecule has 1 radical (unpaired) electrons. The molecule has 12 heavy (non-hydrogen) atoms. The average molecular weight is 179 g/mol. The largest absolute Gasteiger partial charge is 0.492 e. The molecule has 0 aromatic heterocycles. The highest BCUT2D eigenvalue weighted by Gasteiger charge is 2.43. The molecule has 0 bridgehead atoms. The van der Waals surface area contributed by atoms with Gasteiger partial charge < -0.3 is 4.74 Å². The summed E-state index contributed by atoms with van der Waals surface area (Å²) in [5.41, 5.74) is 2.34. The zero-order valence-electron chi connectivity index (χ0n) is 6.44. The molecular formula is C6H6F3N2O. The minimum absolute atomic E-state index is 0.143. The minimum Gasteiger partial charge on any atom is -0.492 e. The lowest BCUT2D eigenvalue weighted by Crippen LogP contribution is -2.24. The fraction of sp³-hybridized carbons (Fsp3) is 0.500. The van der Waals surface area contributed by atoms with Gasteiger partial charge in [0.15, 0.2) is 5.76 Å². The molecule has 1 aliphatic heterocycles. The van der Waals surface area contributed by atoms with Crippen LogP contribution >= 0.6 is 0 Å². The Balaban J connectivity index is 2.96. The van der Waals surface area contributed by atoms with Crippen LogP contribution in [-0.4, -0.2) is 19.0 Å². The predicted octanol–water partition coefficient (Wildman–Crippen LogP) is 1.40. The molecule has 3 nitrogen and oxygen atoms in total. The van der Waals surface area contributed by atoms with E-state index < -0.39 is 11.9 Å². The Bertz CT molecular complexity index is 254. The Morgan fingerprint density at radius 3 is 2.25 bits per heavy atom. The summed E-state index contributed by atoms with van der Waals surface area (Å²) in [6.07, 6.45) is -4.49. The lowest BCUT2D eigenvalue weighted by Gasteiger charge is -2.07.